The van der Waals surface area contributed by atoms with E-state index < -0.39 is 11.8 Å². The molecule has 134 valence electrons. The molecular formula is C19H18ClN3O3. The van der Waals surface area contributed by atoms with Crippen LogP contribution >= 0.6 is 11.6 Å². The van der Waals surface area contributed by atoms with Crippen LogP contribution < -0.4 is 15.8 Å². The van der Waals surface area contributed by atoms with E-state index in [1.54, 1.807) is 37.3 Å². The number of hydrogen-bond donors (Lipinski definition) is 2. The van der Waals surface area contributed by atoms with E-state index in [0.29, 0.717) is 21.7 Å². The summed E-state index contributed by atoms with van der Waals surface area (Å²) in [7, 11) is 3.77. The average Bonchev–Trinajstić information content (AvgIpc) is 2.98. The minimum atomic E-state index is -0.549. The molecule has 0 aliphatic rings. The fourth-order valence-corrected chi connectivity index (χ4v) is 2.81. The second-order valence-electron chi connectivity index (χ2n) is 6.03. The first-order valence-electron chi connectivity index (χ1n) is 7.94. The first kappa shape index (κ1) is 17.8. The van der Waals surface area contributed by atoms with Crippen LogP contribution in [0.3, 0.4) is 0 Å². The number of halogens is 1. The maximum atomic E-state index is 12.4. The normalized spacial score (nSPS) is 10.6. The molecule has 0 aliphatic heterocycles. The van der Waals surface area contributed by atoms with E-state index in [1.807, 2.05) is 31.1 Å². The van der Waals surface area contributed by atoms with Gasteiger partial charge in [0.15, 0.2) is 11.3 Å². The highest BCUT2D eigenvalue weighted by Crippen LogP contribution is 2.30. The molecular weight excluding hydrogens is 354 g/mol. The SMILES string of the molecule is Cc1c(C(=O)NNC(=O)c2cccc(N(C)C)c2)oc2c(Cl)cccc12. The van der Waals surface area contributed by atoms with Crippen LogP contribution in [-0.2, 0) is 0 Å². The monoisotopic (exact) mass is 371 g/mol. The Hall–Kier alpha value is -2.99. The molecule has 1 heterocycles. The van der Waals surface area contributed by atoms with Crippen molar-refractivity contribution in [2.24, 2.45) is 0 Å². The van der Waals surface area contributed by atoms with Crippen molar-refractivity contribution in [3.63, 3.8) is 0 Å². The fraction of sp³-hybridized carbons (Fsp3) is 0.158. The molecule has 3 rings (SSSR count). The number of nitrogens with one attached hydrogen (secondary N) is 2. The highest BCUT2D eigenvalue weighted by Gasteiger charge is 2.19. The van der Waals surface area contributed by atoms with Crippen molar-refractivity contribution >= 4 is 40.1 Å². The van der Waals surface area contributed by atoms with E-state index in [-0.39, 0.29) is 5.76 Å². The molecule has 0 unspecified atom stereocenters. The number of carbonyl (C=O) groups excluding carboxylic acids is 2. The third kappa shape index (κ3) is 3.36. The van der Waals surface area contributed by atoms with Crippen LogP contribution in [0, 0.1) is 6.92 Å². The molecule has 0 saturated heterocycles. The summed E-state index contributed by atoms with van der Waals surface area (Å²) in [6.45, 7) is 1.76. The van der Waals surface area contributed by atoms with Crippen molar-refractivity contribution in [2.75, 3.05) is 19.0 Å². The Kier molecular flexibility index (Phi) is 4.86. The Balaban J connectivity index is 1.75. The lowest BCUT2D eigenvalue weighted by Crippen LogP contribution is -2.41. The first-order chi connectivity index (χ1) is 12.4. The molecule has 0 spiro atoms. The number of amides is 2. The van der Waals surface area contributed by atoms with Gasteiger partial charge in [0.25, 0.3) is 5.91 Å². The molecule has 0 radical (unpaired) electrons. The molecule has 1 aromatic heterocycles. The van der Waals surface area contributed by atoms with E-state index in [4.69, 9.17) is 16.0 Å². The molecule has 26 heavy (non-hydrogen) atoms. The van der Waals surface area contributed by atoms with E-state index in [1.165, 1.54) is 0 Å². The number of carbonyl (C=O) groups is 2. The lowest BCUT2D eigenvalue weighted by atomic mass is 10.1. The molecule has 3 aromatic rings. The van der Waals surface area contributed by atoms with Gasteiger partial charge >= 0.3 is 5.91 Å². The van der Waals surface area contributed by atoms with Crippen LogP contribution in [-0.4, -0.2) is 25.9 Å². The maximum absolute atomic E-state index is 12.4. The number of anilines is 1. The van der Waals surface area contributed by atoms with E-state index >= 15 is 0 Å². The zero-order valence-electron chi connectivity index (χ0n) is 14.6. The average molecular weight is 372 g/mol. The molecule has 0 aliphatic carbocycles. The first-order valence-corrected chi connectivity index (χ1v) is 8.32. The van der Waals surface area contributed by atoms with E-state index in [2.05, 4.69) is 10.9 Å². The van der Waals surface area contributed by atoms with Crippen molar-refractivity contribution in [2.45, 2.75) is 6.92 Å². The van der Waals surface area contributed by atoms with Crippen LogP contribution in [0.2, 0.25) is 5.02 Å². The van der Waals surface area contributed by atoms with Crippen LogP contribution in [0.5, 0.6) is 0 Å². The molecule has 6 nitrogen and oxygen atoms in total. The predicted octanol–water partition coefficient (Wildman–Crippen LogP) is 3.54. The van der Waals surface area contributed by atoms with Crippen LogP contribution in [0.1, 0.15) is 26.5 Å². The summed E-state index contributed by atoms with van der Waals surface area (Å²) in [6.07, 6.45) is 0. The van der Waals surface area contributed by atoms with Gasteiger partial charge in [-0.15, -0.1) is 0 Å². The molecule has 7 heteroatoms. The molecule has 2 aromatic carbocycles. The van der Waals surface area contributed by atoms with Gasteiger partial charge in [-0.3, -0.25) is 20.4 Å². The third-order valence-electron chi connectivity index (χ3n) is 4.04. The van der Waals surface area contributed by atoms with Gasteiger partial charge in [0.05, 0.1) is 5.02 Å². The zero-order valence-corrected chi connectivity index (χ0v) is 15.3. The number of furan rings is 1. The minimum absolute atomic E-state index is 0.107. The molecule has 0 fully saturated rings. The topological polar surface area (TPSA) is 74.6 Å². The number of hydrazine groups is 1. The lowest BCUT2D eigenvalue weighted by Gasteiger charge is -2.13. The molecule has 0 atom stereocenters. The summed E-state index contributed by atoms with van der Waals surface area (Å²) >= 11 is 6.10. The Morgan fingerprint density at radius 1 is 1.04 bits per heavy atom. The predicted molar refractivity (Wildman–Crippen MR) is 102 cm³/mol. The van der Waals surface area contributed by atoms with Gasteiger partial charge in [0.2, 0.25) is 0 Å². The second kappa shape index (κ2) is 7.09. The summed E-state index contributed by atoms with van der Waals surface area (Å²) in [6, 6.07) is 12.4. The van der Waals surface area contributed by atoms with Gasteiger partial charge in [0.1, 0.15) is 0 Å². The lowest BCUT2D eigenvalue weighted by molar-refractivity contribution is 0.0831. The largest absolute Gasteiger partial charge is 0.449 e. The summed E-state index contributed by atoms with van der Waals surface area (Å²) in [5.41, 5.74) is 7.19. The Morgan fingerprint density at radius 3 is 2.42 bits per heavy atom. The standard InChI is InChI=1S/C19H18ClN3O3/c1-11-14-8-5-9-15(20)17(14)26-16(11)19(25)22-21-18(24)12-6-4-7-13(10-12)23(2)3/h4-10H,1-3H3,(H,21,24)(H,22,25). The van der Waals surface area contributed by atoms with E-state index in [9.17, 15) is 9.59 Å². The van der Waals surface area contributed by atoms with E-state index in [0.717, 1.165) is 11.1 Å². The molecule has 0 saturated carbocycles. The number of benzene rings is 2. The van der Waals surface area contributed by atoms with Crippen molar-refractivity contribution in [3.8, 4) is 0 Å². The van der Waals surface area contributed by atoms with Crippen molar-refractivity contribution in [1.82, 2.24) is 10.9 Å². The Morgan fingerprint density at radius 2 is 1.73 bits per heavy atom. The smallest absolute Gasteiger partial charge is 0.305 e. The highest BCUT2D eigenvalue weighted by molar-refractivity contribution is 6.35. The van der Waals surface area contributed by atoms with Gasteiger partial charge in [0, 0.05) is 36.3 Å². The number of hydrogen-bond acceptors (Lipinski definition) is 4. The highest BCUT2D eigenvalue weighted by atomic mass is 35.5. The van der Waals surface area contributed by atoms with Crippen molar-refractivity contribution in [3.05, 3.63) is 64.4 Å². The minimum Gasteiger partial charge on any atom is -0.449 e. The summed E-state index contributed by atoms with van der Waals surface area (Å²) in [5.74, 6) is -0.865. The zero-order chi connectivity index (χ0) is 18.8. The number of rotatable bonds is 3. The summed E-state index contributed by atoms with van der Waals surface area (Å²) < 4.78 is 5.58. The fourth-order valence-electron chi connectivity index (χ4n) is 2.59. The van der Waals surface area contributed by atoms with Crippen molar-refractivity contribution in [1.29, 1.82) is 0 Å². The molecule has 2 amide bonds. The number of fused-ring (bicyclic) bond motifs is 1. The Labute approximate surface area is 155 Å². The summed E-state index contributed by atoms with van der Waals surface area (Å²) in [4.78, 5) is 26.5. The summed E-state index contributed by atoms with van der Waals surface area (Å²) in [5, 5.41) is 1.18. The van der Waals surface area contributed by atoms with Gasteiger partial charge < -0.3 is 9.32 Å². The third-order valence-corrected chi connectivity index (χ3v) is 4.33. The van der Waals surface area contributed by atoms with Gasteiger partial charge in [-0.05, 0) is 31.2 Å². The Bertz CT molecular complexity index is 995. The van der Waals surface area contributed by atoms with Crippen LogP contribution in [0.15, 0.2) is 46.9 Å². The van der Waals surface area contributed by atoms with Crippen LogP contribution in [0.4, 0.5) is 5.69 Å². The molecule has 2 N–H and O–H groups in total. The molecule has 0 bridgehead atoms. The second-order valence-corrected chi connectivity index (χ2v) is 6.43. The van der Waals surface area contributed by atoms with Crippen LogP contribution in [0.25, 0.3) is 11.0 Å². The number of nitrogens with zero attached hydrogens (tertiary/aromatic N) is 1. The van der Waals surface area contributed by atoms with Gasteiger partial charge in [-0.2, -0.15) is 0 Å². The number of para-hydroxylation sites is 1. The number of aryl methyl sites for hydroxylation is 1. The quantitative estimate of drug-likeness (QED) is 0.690. The maximum Gasteiger partial charge on any atom is 0.305 e. The van der Waals surface area contributed by atoms with Crippen molar-refractivity contribution < 1.29 is 14.0 Å². The van der Waals surface area contributed by atoms with Gasteiger partial charge in [-0.1, -0.05) is 29.8 Å². The van der Waals surface area contributed by atoms with Gasteiger partial charge in [-0.25, -0.2) is 0 Å².